The lowest BCUT2D eigenvalue weighted by Gasteiger charge is -2.35. The molecule has 0 radical (unpaired) electrons. The molecule has 1 aliphatic rings. The highest BCUT2D eigenvalue weighted by atomic mass is 16.6. The molecule has 0 aliphatic carbocycles. The largest absolute Gasteiger partial charge is 0.466 e. The zero-order valence-electron chi connectivity index (χ0n) is 27.7. The number of amides is 3. The first kappa shape index (κ1) is 35.4. The van der Waals surface area contributed by atoms with Gasteiger partial charge in [-0.05, 0) is 70.5 Å². The lowest BCUT2D eigenvalue weighted by molar-refractivity contribution is -0.156. The highest BCUT2D eigenvalue weighted by Crippen LogP contribution is 2.40. The van der Waals surface area contributed by atoms with Gasteiger partial charge in [-0.3, -0.25) is 28.9 Å². The van der Waals surface area contributed by atoms with Crippen LogP contribution in [0.15, 0.2) is 78.9 Å². The van der Waals surface area contributed by atoms with Crippen LogP contribution in [0.25, 0.3) is 0 Å². The van der Waals surface area contributed by atoms with E-state index in [1.807, 2.05) is 12.1 Å². The Morgan fingerprint density at radius 2 is 1.62 bits per heavy atom. The summed E-state index contributed by atoms with van der Waals surface area (Å²) in [5, 5.41) is 2.50. The Hall–Kier alpha value is -5.47. The monoisotopic (exact) mass is 652 g/mol. The first-order valence-corrected chi connectivity index (χ1v) is 15.6. The lowest BCUT2D eigenvalue weighted by Crippen LogP contribution is -2.46. The summed E-state index contributed by atoms with van der Waals surface area (Å²) < 4.78 is 10.4. The fourth-order valence-corrected chi connectivity index (χ4v) is 5.23. The van der Waals surface area contributed by atoms with E-state index in [-0.39, 0.29) is 25.1 Å². The molecule has 3 amide bonds. The molecular weight excluding hydrogens is 612 g/mol. The van der Waals surface area contributed by atoms with Crippen LogP contribution in [0.1, 0.15) is 68.6 Å². The van der Waals surface area contributed by atoms with Crippen LogP contribution in [0.5, 0.6) is 0 Å². The van der Waals surface area contributed by atoms with Gasteiger partial charge in [-0.25, -0.2) is 0 Å². The summed E-state index contributed by atoms with van der Waals surface area (Å²) in [4.78, 5) is 69.4. The van der Waals surface area contributed by atoms with Crippen molar-refractivity contribution >= 4 is 41.0 Å². The molecule has 0 saturated carbocycles. The first-order valence-electron chi connectivity index (χ1n) is 15.6. The molecule has 0 spiro atoms. The smallest absolute Gasteiger partial charge is 0.325 e. The number of fused-ring (bicyclic) bond motifs is 1. The van der Waals surface area contributed by atoms with Crippen LogP contribution >= 0.6 is 0 Å². The van der Waals surface area contributed by atoms with Gasteiger partial charge in [0.05, 0.1) is 24.3 Å². The summed E-state index contributed by atoms with van der Waals surface area (Å²) in [5.74, 6) is 2.48. The third-order valence-corrected chi connectivity index (χ3v) is 7.32. The van der Waals surface area contributed by atoms with Gasteiger partial charge < -0.3 is 25.4 Å². The van der Waals surface area contributed by atoms with Crippen molar-refractivity contribution in [2.24, 2.45) is 5.73 Å². The van der Waals surface area contributed by atoms with Crippen LogP contribution < -0.4 is 16.0 Å². The average molecular weight is 653 g/mol. The van der Waals surface area contributed by atoms with Crippen molar-refractivity contribution in [3.63, 3.8) is 0 Å². The number of nitrogens with one attached hydrogen (secondary N) is 1. The van der Waals surface area contributed by atoms with Gasteiger partial charge in [-0.2, -0.15) is 0 Å². The minimum Gasteiger partial charge on any atom is -0.466 e. The second kappa shape index (κ2) is 15.4. The van der Waals surface area contributed by atoms with E-state index in [2.05, 4.69) is 17.2 Å². The van der Waals surface area contributed by atoms with Crippen molar-refractivity contribution in [1.82, 2.24) is 10.2 Å². The maximum Gasteiger partial charge on any atom is 0.325 e. The maximum atomic E-state index is 14.6. The van der Waals surface area contributed by atoms with Crippen molar-refractivity contribution in [1.29, 1.82) is 0 Å². The molecule has 4 rings (SSSR count). The number of nitrogens with zero attached hydrogens (tertiary/aromatic N) is 2. The fraction of sp³-hybridized carbons (Fsp3) is 0.324. The Bertz CT molecular complexity index is 1730. The third-order valence-electron chi connectivity index (χ3n) is 7.32. The molecule has 3 aromatic rings. The number of carbonyl (C=O) groups excluding carboxylic acids is 5. The SMILES string of the molecule is CCOC(=O)CC(C)N1C(=O)c2cc(C#CC(=O)NCC(N)C(=O)OC(C)(C)C)ccc2N(c2ccccc2)C(=O)C1c1ccccc1. The van der Waals surface area contributed by atoms with E-state index in [0.29, 0.717) is 22.5 Å². The number of para-hydroxylation sites is 1. The number of anilines is 2. The van der Waals surface area contributed by atoms with Gasteiger partial charge in [-0.1, -0.05) is 54.5 Å². The number of ether oxygens (including phenoxy) is 2. The molecule has 1 heterocycles. The van der Waals surface area contributed by atoms with E-state index in [1.165, 1.54) is 15.9 Å². The maximum absolute atomic E-state index is 14.6. The van der Waals surface area contributed by atoms with Gasteiger partial charge in [0, 0.05) is 29.8 Å². The summed E-state index contributed by atoms with van der Waals surface area (Å²) in [6.45, 7) is 8.52. The predicted molar refractivity (Wildman–Crippen MR) is 180 cm³/mol. The van der Waals surface area contributed by atoms with Crippen molar-refractivity contribution in [2.75, 3.05) is 18.1 Å². The van der Waals surface area contributed by atoms with E-state index < -0.39 is 53.4 Å². The van der Waals surface area contributed by atoms with Crippen LogP contribution in [0.4, 0.5) is 11.4 Å². The fourth-order valence-electron chi connectivity index (χ4n) is 5.23. The van der Waals surface area contributed by atoms with E-state index in [4.69, 9.17) is 15.2 Å². The number of nitrogens with two attached hydrogens (primary N) is 1. The summed E-state index contributed by atoms with van der Waals surface area (Å²) in [7, 11) is 0. The number of benzene rings is 3. The second-order valence-electron chi connectivity index (χ2n) is 12.2. The van der Waals surface area contributed by atoms with E-state index in [0.717, 1.165) is 0 Å². The second-order valence-corrected chi connectivity index (χ2v) is 12.2. The summed E-state index contributed by atoms with van der Waals surface area (Å²) in [5.41, 5.74) is 7.04. The minimum absolute atomic E-state index is 0.137. The molecule has 250 valence electrons. The van der Waals surface area contributed by atoms with Crippen LogP contribution in [0.2, 0.25) is 0 Å². The van der Waals surface area contributed by atoms with Crippen LogP contribution in [-0.2, 0) is 28.7 Å². The zero-order chi connectivity index (χ0) is 35.0. The van der Waals surface area contributed by atoms with Crippen molar-refractivity contribution in [3.8, 4) is 11.8 Å². The van der Waals surface area contributed by atoms with E-state index in [9.17, 15) is 24.0 Å². The van der Waals surface area contributed by atoms with Gasteiger partial charge in [-0.15, -0.1) is 0 Å². The molecule has 3 atom stereocenters. The van der Waals surface area contributed by atoms with Crippen LogP contribution in [0, 0.1) is 11.8 Å². The van der Waals surface area contributed by atoms with Crippen LogP contribution in [-0.4, -0.2) is 65.4 Å². The molecule has 0 bridgehead atoms. The molecule has 3 unspecified atom stereocenters. The van der Waals surface area contributed by atoms with Crippen LogP contribution in [0.3, 0.4) is 0 Å². The number of carbonyl (C=O) groups is 5. The molecule has 0 fully saturated rings. The molecule has 11 nitrogen and oxygen atoms in total. The van der Waals surface area contributed by atoms with Gasteiger partial charge in [0.25, 0.3) is 17.7 Å². The number of hydrogen-bond acceptors (Lipinski definition) is 8. The Morgan fingerprint density at radius 3 is 2.25 bits per heavy atom. The quantitative estimate of drug-likeness (QED) is 0.260. The molecular formula is C37H40N4O7. The van der Waals surface area contributed by atoms with Crippen molar-refractivity contribution in [3.05, 3.63) is 95.6 Å². The minimum atomic E-state index is -1.08. The topological polar surface area (TPSA) is 148 Å². The average Bonchev–Trinajstić information content (AvgIpc) is 3.14. The van der Waals surface area contributed by atoms with Gasteiger partial charge in [0.2, 0.25) is 0 Å². The predicted octanol–water partition coefficient (Wildman–Crippen LogP) is 4.03. The summed E-state index contributed by atoms with van der Waals surface area (Å²) in [6, 6.07) is 19.7. The molecule has 0 saturated heterocycles. The van der Waals surface area contributed by atoms with Gasteiger partial charge in [0.15, 0.2) is 0 Å². The third kappa shape index (κ3) is 8.66. The van der Waals surface area contributed by atoms with Crippen molar-refractivity contribution < 1.29 is 33.4 Å². The molecule has 1 aliphatic heterocycles. The Morgan fingerprint density at radius 1 is 0.979 bits per heavy atom. The highest BCUT2D eigenvalue weighted by molar-refractivity contribution is 6.14. The normalized spacial score (nSPS) is 15.7. The molecule has 3 aromatic carbocycles. The number of esters is 2. The van der Waals surface area contributed by atoms with Gasteiger partial charge in [0.1, 0.15) is 17.7 Å². The Balaban J connectivity index is 1.74. The molecule has 48 heavy (non-hydrogen) atoms. The standard InChI is InChI=1S/C37H40N4O7/c1-6-47-32(43)21-24(2)40-33(26-13-9-7-10-14-26)35(45)41(27-15-11-8-12-16-27)30-19-17-25(22-28(30)34(40)44)18-20-31(42)39-23-29(38)36(46)48-37(3,4)5/h7-17,19,22,24,29,33H,6,21,23,38H2,1-5H3,(H,39,42). The van der Waals surface area contributed by atoms with E-state index in [1.54, 1.807) is 95.3 Å². The van der Waals surface area contributed by atoms with Gasteiger partial charge >= 0.3 is 11.9 Å². The first-order chi connectivity index (χ1) is 22.8. The van der Waals surface area contributed by atoms with Crippen molar-refractivity contribution in [2.45, 2.75) is 64.8 Å². The Kier molecular flexibility index (Phi) is 11.4. The molecule has 0 aromatic heterocycles. The highest BCUT2D eigenvalue weighted by Gasteiger charge is 2.43. The lowest BCUT2D eigenvalue weighted by atomic mass is 10.0. The summed E-state index contributed by atoms with van der Waals surface area (Å²) >= 11 is 0. The number of rotatable bonds is 9. The number of hydrogen-bond donors (Lipinski definition) is 2. The molecule has 11 heteroatoms. The Labute approximate surface area is 280 Å². The zero-order valence-corrected chi connectivity index (χ0v) is 27.7. The van der Waals surface area contributed by atoms with E-state index >= 15 is 0 Å². The molecule has 3 N–H and O–H groups in total. The summed E-state index contributed by atoms with van der Waals surface area (Å²) in [6.07, 6.45) is -0.137.